The number of ether oxygens (including phenoxy) is 4. The van der Waals surface area contributed by atoms with E-state index in [1.807, 2.05) is 32.8 Å². The molecule has 0 unspecified atom stereocenters. The summed E-state index contributed by atoms with van der Waals surface area (Å²) in [6, 6.07) is -0.170. The fraction of sp³-hybridized carbons (Fsp3) is 0.941. The molecule has 0 aromatic carbocycles. The van der Waals surface area contributed by atoms with Gasteiger partial charge in [-0.25, -0.2) is 0 Å². The van der Waals surface area contributed by atoms with E-state index < -0.39 is 41.4 Å². The molecule has 0 aliphatic carbocycles. The van der Waals surface area contributed by atoms with E-state index in [1.54, 1.807) is 27.9 Å². The van der Waals surface area contributed by atoms with Crippen molar-refractivity contribution < 1.29 is 33.6 Å². The van der Waals surface area contributed by atoms with Gasteiger partial charge in [-0.15, -0.1) is 0 Å². The molecule has 10 heteroatoms. The minimum absolute atomic E-state index is 0.00233. The normalized spacial score (nSPS) is 39.7. The zero-order valence-electron chi connectivity index (χ0n) is 29.9. The number of methoxy groups -OCH3 is 1. The first kappa shape index (κ1) is 37.3. The second kappa shape index (κ2) is 14.3. The number of esters is 1. The van der Waals surface area contributed by atoms with Gasteiger partial charge in [-0.05, 0) is 73.5 Å². The quantitative estimate of drug-likeness (QED) is 0.335. The number of hydrogen-bond donors (Lipinski definition) is 1. The monoisotopic (exact) mass is 625 g/mol. The molecule has 3 aliphatic rings. The first-order chi connectivity index (χ1) is 20.3. The summed E-state index contributed by atoms with van der Waals surface area (Å²) in [6.45, 7) is 21.8. The molecular weight excluding hydrogens is 562 g/mol. The van der Waals surface area contributed by atoms with E-state index in [1.165, 1.54) is 0 Å². The molecule has 0 aromatic rings. The van der Waals surface area contributed by atoms with Gasteiger partial charge in [0.25, 0.3) is 0 Å². The van der Waals surface area contributed by atoms with Crippen LogP contribution in [0.5, 0.6) is 0 Å². The highest BCUT2D eigenvalue weighted by Crippen LogP contribution is 2.41. The second-order valence-corrected chi connectivity index (χ2v) is 16.0. The second-order valence-electron chi connectivity index (χ2n) is 16.0. The van der Waals surface area contributed by atoms with Gasteiger partial charge in [-0.2, -0.15) is 0 Å². The van der Waals surface area contributed by atoms with E-state index in [4.69, 9.17) is 18.9 Å². The minimum Gasteiger partial charge on any atom is -0.463 e. The Morgan fingerprint density at radius 3 is 2.25 bits per heavy atom. The van der Waals surface area contributed by atoms with Crippen LogP contribution in [0.2, 0.25) is 0 Å². The number of cyclic esters (lactones) is 1. The molecule has 3 aliphatic heterocycles. The van der Waals surface area contributed by atoms with Crippen molar-refractivity contribution in [2.45, 2.75) is 117 Å². The van der Waals surface area contributed by atoms with Crippen molar-refractivity contribution in [1.29, 1.82) is 0 Å². The molecule has 3 saturated heterocycles. The standard InChI is InChI=1S/C34H63N3O7/c1-21(2)16-37-19-33(8,20-37)26-18-42-31(40)32(6,7)28(39)24(5)29(34(9,41-13)15-22(3)17-36(26)12)44-30-27(38)25(35(10)11)14-23(4)43-30/h21-27,29-30,38H,14-20H2,1-13H3/t22-,23-,24+,25+,26+,27-,29-,30+,34-/m1/s1. The van der Waals surface area contributed by atoms with Gasteiger partial charge in [0.1, 0.15) is 18.1 Å². The first-order valence-corrected chi connectivity index (χ1v) is 16.6. The summed E-state index contributed by atoms with van der Waals surface area (Å²) in [6.07, 6.45) is -1.56. The number of carbonyl (C=O) groups excluding carboxylic acids is 2. The predicted octanol–water partition coefficient (Wildman–Crippen LogP) is 3.30. The molecule has 1 N–H and O–H groups in total. The molecule has 3 fully saturated rings. The number of carbonyl (C=O) groups is 2. The highest BCUT2D eigenvalue weighted by atomic mass is 16.7. The maximum atomic E-state index is 14.2. The van der Waals surface area contributed by atoms with E-state index in [2.05, 4.69) is 44.5 Å². The lowest BCUT2D eigenvalue weighted by Crippen LogP contribution is -2.65. The van der Waals surface area contributed by atoms with Crippen molar-refractivity contribution in [3.63, 3.8) is 0 Å². The van der Waals surface area contributed by atoms with Crippen LogP contribution in [0.3, 0.4) is 0 Å². The van der Waals surface area contributed by atoms with Crippen LogP contribution < -0.4 is 0 Å². The number of ketones is 1. The van der Waals surface area contributed by atoms with Crippen LogP contribution in [0.4, 0.5) is 0 Å². The van der Waals surface area contributed by atoms with Crippen LogP contribution >= 0.6 is 0 Å². The summed E-state index contributed by atoms with van der Waals surface area (Å²) >= 11 is 0. The molecular formula is C34H63N3O7. The topological polar surface area (TPSA) is 101 Å². The number of Topliss-reactive ketones (excluding diaryl/α,β-unsaturated/α-hetero) is 1. The van der Waals surface area contributed by atoms with Crippen molar-refractivity contribution in [2.24, 2.45) is 28.6 Å². The van der Waals surface area contributed by atoms with Crippen LogP contribution in [-0.2, 0) is 28.5 Å². The number of aliphatic hydroxyl groups is 1. The summed E-state index contributed by atoms with van der Waals surface area (Å²) in [7, 11) is 7.61. The Bertz CT molecular complexity index is 984. The van der Waals surface area contributed by atoms with E-state index in [-0.39, 0.29) is 41.9 Å². The number of likely N-dealkylation sites (tertiary alicyclic amines) is 1. The van der Waals surface area contributed by atoms with Crippen LogP contribution in [0.25, 0.3) is 0 Å². The Labute approximate surface area is 267 Å². The highest BCUT2D eigenvalue weighted by molar-refractivity contribution is 6.04. The van der Waals surface area contributed by atoms with E-state index in [0.717, 1.165) is 26.2 Å². The molecule has 3 rings (SSSR count). The Hall–Kier alpha value is -1.14. The third-order valence-electron chi connectivity index (χ3n) is 10.5. The Balaban J connectivity index is 1.97. The third-order valence-corrected chi connectivity index (χ3v) is 10.5. The van der Waals surface area contributed by atoms with Crippen molar-refractivity contribution in [3.05, 3.63) is 0 Å². The summed E-state index contributed by atoms with van der Waals surface area (Å²) in [5.74, 6) is -0.818. The van der Waals surface area contributed by atoms with Crippen LogP contribution in [0, 0.1) is 28.6 Å². The van der Waals surface area contributed by atoms with E-state index in [9.17, 15) is 14.7 Å². The lowest BCUT2D eigenvalue weighted by atomic mass is 9.73. The minimum atomic E-state index is -1.41. The molecule has 0 spiro atoms. The smallest absolute Gasteiger partial charge is 0.319 e. The van der Waals surface area contributed by atoms with Crippen LogP contribution in [0.1, 0.15) is 75.2 Å². The fourth-order valence-electron chi connectivity index (χ4n) is 8.12. The van der Waals surface area contributed by atoms with Crippen LogP contribution in [-0.4, -0.2) is 135 Å². The molecule has 256 valence electrons. The number of hydrogen-bond acceptors (Lipinski definition) is 10. The zero-order valence-corrected chi connectivity index (χ0v) is 29.9. The average Bonchev–Trinajstić information content (AvgIpc) is 2.90. The summed E-state index contributed by atoms with van der Waals surface area (Å²) in [5.41, 5.74) is -2.37. The lowest BCUT2D eigenvalue weighted by molar-refractivity contribution is -0.295. The van der Waals surface area contributed by atoms with Gasteiger partial charge >= 0.3 is 5.97 Å². The van der Waals surface area contributed by atoms with Crippen molar-refractivity contribution in [1.82, 2.24) is 14.7 Å². The maximum absolute atomic E-state index is 14.2. The first-order valence-electron chi connectivity index (χ1n) is 16.6. The van der Waals surface area contributed by atoms with Gasteiger partial charge < -0.3 is 33.9 Å². The molecule has 0 aromatic heterocycles. The molecule has 0 bridgehead atoms. The van der Waals surface area contributed by atoms with Crippen LogP contribution in [0.15, 0.2) is 0 Å². The summed E-state index contributed by atoms with van der Waals surface area (Å²) < 4.78 is 25.1. The molecule has 0 amide bonds. The van der Waals surface area contributed by atoms with Gasteiger partial charge in [0.05, 0.1) is 23.9 Å². The molecule has 0 saturated carbocycles. The number of likely N-dealkylation sites (N-methyl/N-ethyl adjacent to an activating group) is 2. The molecule has 9 atom stereocenters. The Morgan fingerprint density at radius 1 is 1.09 bits per heavy atom. The van der Waals surface area contributed by atoms with Crippen molar-refractivity contribution >= 4 is 11.8 Å². The lowest BCUT2D eigenvalue weighted by Gasteiger charge is -2.55. The number of nitrogens with zero attached hydrogens (tertiary/aromatic N) is 3. The van der Waals surface area contributed by atoms with Gasteiger partial charge in [-0.1, -0.05) is 34.6 Å². The summed E-state index contributed by atoms with van der Waals surface area (Å²) in [5, 5.41) is 11.3. The molecule has 3 heterocycles. The van der Waals surface area contributed by atoms with Crippen molar-refractivity contribution in [2.75, 3.05) is 61.0 Å². The van der Waals surface area contributed by atoms with Crippen molar-refractivity contribution in [3.8, 4) is 0 Å². The fourth-order valence-corrected chi connectivity index (χ4v) is 8.12. The maximum Gasteiger partial charge on any atom is 0.319 e. The highest BCUT2D eigenvalue weighted by Gasteiger charge is 2.53. The summed E-state index contributed by atoms with van der Waals surface area (Å²) in [4.78, 5) is 34.7. The van der Waals surface area contributed by atoms with Gasteiger partial charge in [0.2, 0.25) is 0 Å². The molecule has 0 radical (unpaired) electrons. The SMILES string of the molecule is CO[C@]1(C)C[C@@H](C)CN(C)[C@H](C2(C)CN(CC(C)C)C2)COC(=O)C(C)(C)C(=O)[C@H](C)[C@H]1O[C@@H]1O[C@H](C)C[C@H](N(C)C)[C@H]1O. The number of rotatable bonds is 7. The number of aliphatic hydroxyl groups excluding tert-OH is 1. The largest absolute Gasteiger partial charge is 0.463 e. The van der Waals surface area contributed by atoms with Gasteiger partial charge in [-0.3, -0.25) is 14.5 Å². The van der Waals surface area contributed by atoms with E-state index in [0.29, 0.717) is 18.8 Å². The average molecular weight is 626 g/mol. The Kier molecular flexibility index (Phi) is 12.1. The Morgan fingerprint density at radius 2 is 1.70 bits per heavy atom. The predicted molar refractivity (Wildman–Crippen MR) is 171 cm³/mol. The van der Waals surface area contributed by atoms with Gasteiger partial charge in [0.15, 0.2) is 12.1 Å². The molecule has 10 nitrogen and oxygen atoms in total. The van der Waals surface area contributed by atoms with Gasteiger partial charge in [0, 0.05) is 50.7 Å². The van der Waals surface area contributed by atoms with E-state index >= 15 is 0 Å². The third kappa shape index (κ3) is 8.04. The molecule has 44 heavy (non-hydrogen) atoms. The zero-order chi connectivity index (χ0) is 33.4.